The molecule has 3 nitrogen and oxygen atoms in total. The van der Waals surface area contributed by atoms with Gasteiger partial charge in [-0.05, 0) is 43.9 Å². The molecular weight excluding hydrogens is 246 g/mol. The number of aryl methyl sites for hydroxylation is 2. The van der Waals surface area contributed by atoms with E-state index in [1.54, 1.807) is 0 Å². The third-order valence-corrected chi connectivity index (χ3v) is 4.63. The summed E-state index contributed by atoms with van der Waals surface area (Å²) in [5.41, 5.74) is 3.18. The van der Waals surface area contributed by atoms with E-state index < -0.39 is 0 Å². The summed E-state index contributed by atoms with van der Waals surface area (Å²) < 4.78 is 1.88. The highest BCUT2D eigenvalue weighted by atomic mass is 15.2. The molecule has 0 aliphatic heterocycles. The number of rotatable bonds is 6. The van der Waals surface area contributed by atoms with Gasteiger partial charge < -0.3 is 5.32 Å². The van der Waals surface area contributed by atoms with E-state index in [2.05, 4.69) is 54.0 Å². The first-order chi connectivity index (χ1) is 9.74. The molecule has 1 aromatic carbocycles. The maximum atomic E-state index is 4.25. The molecule has 106 valence electrons. The van der Waals surface area contributed by atoms with Crippen molar-refractivity contribution in [1.29, 1.82) is 0 Å². The zero-order valence-corrected chi connectivity index (χ0v) is 12.3. The predicted octanol–water partition coefficient (Wildman–Crippen LogP) is 2.67. The van der Waals surface area contributed by atoms with Gasteiger partial charge in [-0.25, -0.2) is 0 Å². The van der Waals surface area contributed by atoms with Gasteiger partial charge in [0.05, 0.1) is 6.20 Å². The summed E-state index contributed by atoms with van der Waals surface area (Å²) in [6.07, 6.45) is 8.96. The molecule has 1 aliphatic rings. The van der Waals surface area contributed by atoms with Gasteiger partial charge >= 0.3 is 0 Å². The van der Waals surface area contributed by atoms with Crippen LogP contribution in [0.25, 0.3) is 0 Å². The highest BCUT2D eigenvalue weighted by Gasteiger charge is 2.49. The zero-order valence-electron chi connectivity index (χ0n) is 12.3. The molecule has 1 aliphatic carbocycles. The van der Waals surface area contributed by atoms with Crippen LogP contribution in [0.4, 0.5) is 0 Å². The Morgan fingerprint density at radius 1 is 1.30 bits per heavy atom. The number of hydrogen-bond acceptors (Lipinski definition) is 2. The molecule has 1 heterocycles. The SMILES string of the molecule is CNC(CCc1cnn(C)c1)C1(c2ccccc2)CC1. The standard InChI is InChI=1S/C17H23N3/c1-18-16(9-8-14-12-19-20(2)13-14)17(10-11-17)15-6-4-3-5-7-15/h3-7,12-13,16,18H,8-11H2,1-2H3. The lowest BCUT2D eigenvalue weighted by molar-refractivity contribution is 0.419. The normalized spacial score (nSPS) is 17.9. The van der Waals surface area contributed by atoms with Gasteiger partial charge in [0.2, 0.25) is 0 Å². The highest BCUT2D eigenvalue weighted by Crippen LogP contribution is 2.51. The van der Waals surface area contributed by atoms with Crippen molar-refractivity contribution in [2.45, 2.75) is 37.1 Å². The molecule has 0 radical (unpaired) electrons. The lowest BCUT2D eigenvalue weighted by Crippen LogP contribution is -2.38. The minimum atomic E-state index is 0.359. The van der Waals surface area contributed by atoms with Crippen LogP contribution in [0, 0.1) is 0 Å². The molecule has 20 heavy (non-hydrogen) atoms. The van der Waals surface area contributed by atoms with Gasteiger partial charge in [0.15, 0.2) is 0 Å². The number of nitrogens with zero attached hydrogens (tertiary/aromatic N) is 2. The van der Waals surface area contributed by atoms with Crippen molar-refractivity contribution < 1.29 is 0 Å². The predicted molar refractivity (Wildman–Crippen MR) is 81.7 cm³/mol. The quantitative estimate of drug-likeness (QED) is 0.874. The highest BCUT2D eigenvalue weighted by molar-refractivity contribution is 5.34. The topological polar surface area (TPSA) is 29.9 Å². The molecule has 1 unspecified atom stereocenters. The van der Waals surface area contributed by atoms with E-state index in [4.69, 9.17) is 0 Å². The van der Waals surface area contributed by atoms with Crippen LogP contribution >= 0.6 is 0 Å². The van der Waals surface area contributed by atoms with E-state index in [0.29, 0.717) is 11.5 Å². The van der Waals surface area contributed by atoms with Gasteiger partial charge in [0.25, 0.3) is 0 Å². The Morgan fingerprint density at radius 3 is 2.60 bits per heavy atom. The summed E-state index contributed by atoms with van der Waals surface area (Å²) in [6.45, 7) is 0. The molecule has 3 rings (SSSR count). The van der Waals surface area contributed by atoms with E-state index in [1.807, 2.05) is 17.9 Å². The van der Waals surface area contributed by atoms with Crippen molar-refractivity contribution in [2.75, 3.05) is 7.05 Å². The van der Waals surface area contributed by atoms with Crippen LogP contribution in [0.15, 0.2) is 42.7 Å². The molecule has 1 N–H and O–H groups in total. The van der Waals surface area contributed by atoms with Crippen LogP contribution < -0.4 is 5.32 Å². The fourth-order valence-electron chi connectivity index (χ4n) is 3.35. The molecule has 0 amide bonds. The third-order valence-electron chi connectivity index (χ3n) is 4.63. The van der Waals surface area contributed by atoms with Crippen LogP contribution in [0.2, 0.25) is 0 Å². The first-order valence-corrected chi connectivity index (χ1v) is 7.45. The Balaban J connectivity index is 1.70. The first-order valence-electron chi connectivity index (χ1n) is 7.45. The second kappa shape index (κ2) is 5.41. The summed E-state index contributed by atoms with van der Waals surface area (Å²) in [6, 6.07) is 11.5. The van der Waals surface area contributed by atoms with E-state index in [0.717, 1.165) is 12.8 Å². The smallest absolute Gasteiger partial charge is 0.0521 e. The average Bonchev–Trinajstić information content (AvgIpc) is 3.18. The molecule has 1 saturated carbocycles. The number of hydrogen-bond donors (Lipinski definition) is 1. The minimum Gasteiger partial charge on any atom is -0.316 e. The molecule has 0 bridgehead atoms. The second-order valence-electron chi connectivity index (χ2n) is 5.92. The maximum Gasteiger partial charge on any atom is 0.0521 e. The Morgan fingerprint density at radius 2 is 2.05 bits per heavy atom. The van der Waals surface area contributed by atoms with Gasteiger partial charge in [-0.1, -0.05) is 30.3 Å². The fourth-order valence-corrected chi connectivity index (χ4v) is 3.35. The van der Waals surface area contributed by atoms with Crippen molar-refractivity contribution in [3.8, 4) is 0 Å². The van der Waals surface area contributed by atoms with E-state index in [1.165, 1.54) is 24.0 Å². The van der Waals surface area contributed by atoms with Crippen LogP contribution in [-0.2, 0) is 18.9 Å². The molecule has 1 atom stereocenters. The van der Waals surface area contributed by atoms with Crippen LogP contribution in [-0.4, -0.2) is 22.9 Å². The lowest BCUT2D eigenvalue weighted by Gasteiger charge is -2.27. The molecule has 3 heteroatoms. The Labute approximate surface area is 121 Å². The minimum absolute atomic E-state index is 0.359. The van der Waals surface area contributed by atoms with Crippen molar-refractivity contribution in [3.63, 3.8) is 0 Å². The zero-order chi connectivity index (χ0) is 14.0. The fraction of sp³-hybridized carbons (Fsp3) is 0.471. The summed E-state index contributed by atoms with van der Waals surface area (Å²) in [5.74, 6) is 0. The number of benzene rings is 1. The van der Waals surface area contributed by atoms with Crippen LogP contribution in [0.5, 0.6) is 0 Å². The monoisotopic (exact) mass is 269 g/mol. The molecule has 1 fully saturated rings. The van der Waals surface area contributed by atoms with Gasteiger partial charge in [-0.3, -0.25) is 4.68 Å². The van der Waals surface area contributed by atoms with E-state index >= 15 is 0 Å². The van der Waals surface area contributed by atoms with Gasteiger partial charge in [0.1, 0.15) is 0 Å². The van der Waals surface area contributed by atoms with Crippen LogP contribution in [0.3, 0.4) is 0 Å². The van der Waals surface area contributed by atoms with E-state index in [9.17, 15) is 0 Å². The van der Waals surface area contributed by atoms with Gasteiger partial charge in [0, 0.05) is 24.7 Å². The van der Waals surface area contributed by atoms with Crippen molar-refractivity contribution in [3.05, 3.63) is 53.9 Å². The summed E-state index contributed by atoms with van der Waals surface area (Å²) in [5, 5.41) is 7.81. The lowest BCUT2D eigenvalue weighted by atomic mass is 9.85. The largest absolute Gasteiger partial charge is 0.316 e. The van der Waals surface area contributed by atoms with Crippen LogP contribution in [0.1, 0.15) is 30.4 Å². The Kier molecular flexibility index (Phi) is 3.62. The second-order valence-corrected chi connectivity index (χ2v) is 5.92. The van der Waals surface area contributed by atoms with E-state index in [-0.39, 0.29) is 0 Å². The average molecular weight is 269 g/mol. The third kappa shape index (κ3) is 2.50. The van der Waals surface area contributed by atoms with Crippen molar-refractivity contribution in [2.24, 2.45) is 7.05 Å². The number of nitrogens with one attached hydrogen (secondary N) is 1. The maximum absolute atomic E-state index is 4.25. The molecule has 0 spiro atoms. The van der Waals surface area contributed by atoms with Gasteiger partial charge in [-0.15, -0.1) is 0 Å². The van der Waals surface area contributed by atoms with Gasteiger partial charge in [-0.2, -0.15) is 5.10 Å². The summed E-state index contributed by atoms with van der Waals surface area (Å²) >= 11 is 0. The first kappa shape index (κ1) is 13.4. The molecule has 0 saturated heterocycles. The summed E-state index contributed by atoms with van der Waals surface area (Å²) in [4.78, 5) is 0. The van der Waals surface area contributed by atoms with Crippen molar-refractivity contribution in [1.82, 2.24) is 15.1 Å². The Bertz CT molecular complexity index is 555. The number of aromatic nitrogens is 2. The number of likely N-dealkylation sites (N-methyl/N-ethyl adjacent to an activating group) is 1. The molecular formula is C17H23N3. The Hall–Kier alpha value is -1.61. The summed E-state index contributed by atoms with van der Waals surface area (Å²) in [7, 11) is 4.07. The molecule has 1 aromatic heterocycles. The van der Waals surface area contributed by atoms with Crippen molar-refractivity contribution >= 4 is 0 Å². The molecule has 2 aromatic rings.